The van der Waals surface area contributed by atoms with Crippen molar-refractivity contribution < 1.29 is 28.6 Å². The van der Waals surface area contributed by atoms with Crippen LogP contribution in [0.2, 0.25) is 0 Å². The van der Waals surface area contributed by atoms with Gasteiger partial charge in [-0.05, 0) is 25.2 Å². The average molecular weight is 793 g/mol. The van der Waals surface area contributed by atoms with Crippen LogP contribution in [-0.2, 0) is 28.6 Å². The minimum atomic E-state index is -0.759. The van der Waals surface area contributed by atoms with E-state index < -0.39 is 6.10 Å². The summed E-state index contributed by atoms with van der Waals surface area (Å²) in [5.74, 6) is -0.0139. The Kier molecular flexibility index (Phi) is 43.2. The summed E-state index contributed by atoms with van der Waals surface area (Å²) in [6.07, 6.45) is 45.1. The zero-order chi connectivity index (χ0) is 41.0. The molecule has 0 spiro atoms. The zero-order valence-corrected chi connectivity index (χ0v) is 38.1. The van der Waals surface area contributed by atoms with Crippen molar-refractivity contribution in [2.45, 2.75) is 284 Å². The second kappa shape index (κ2) is 44.5. The number of rotatable bonds is 45. The molecule has 0 fully saturated rings. The summed E-state index contributed by atoms with van der Waals surface area (Å²) in [6, 6.07) is 0. The second-order valence-corrected chi connectivity index (χ2v) is 17.6. The molecule has 0 aromatic heterocycles. The molecule has 56 heavy (non-hydrogen) atoms. The molecule has 332 valence electrons. The summed E-state index contributed by atoms with van der Waals surface area (Å²) in [5, 5.41) is 0. The van der Waals surface area contributed by atoms with Gasteiger partial charge in [0.1, 0.15) is 13.2 Å². The van der Waals surface area contributed by atoms with E-state index in [1.165, 1.54) is 173 Å². The van der Waals surface area contributed by atoms with Gasteiger partial charge >= 0.3 is 17.9 Å². The maximum Gasteiger partial charge on any atom is 0.306 e. The molecule has 0 amide bonds. The summed E-state index contributed by atoms with van der Waals surface area (Å²) in [6.45, 7) is 9.01. The number of carbonyl (C=O) groups excluding carboxylic acids is 3. The minimum absolute atomic E-state index is 0.0630. The molecular formula is C50H96O6. The fraction of sp³-hybridized carbons (Fsp3) is 0.940. The molecule has 0 radical (unpaired) electrons. The van der Waals surface area contributed by atoms with Gasteiger partial charge in [0, 0.05) is 19.3 Å². The van der Waals surface area contributed by atoms with E-state index in [4.69, 9.17) is 14.2 Å². The third-order valence-corrected chi connectivity index (χ3v) is 11.3. The SMILES string of the molecule is CCCCCCCCCCCCCCC(=O)O[C@H](COC(=O)CCCCCCCCCCCCC)COC(=O)CCCCCCCCCCCCCCC(C)C. The van der Waals surface area contributed by atoms with E-state index in [-0.39, 0.29) is 31.1 Å². The largest absolute Gasteiger partial charge is 0.462 e. The predicted octanol–water partition coefficient (Wildman–Crippen LogP) is 15.9. The van der Waals surface area contributed by atoms with Crippen LogP contribution in [0, 0.1) is 5.92 Å². The molecule has 0 aliphatic heterocycles. The number of ether oxygens (including phenoxy) is 3. The van der Waals surface area contributed by atoms with Crippen LogP contribution < -0.4 is 0 Å². The first-order valence-corrected chi connectivity index (χ1v) is 24.9. The van der Waals surface area contributed by atoms with Crippen molar-refractivity contribution in [3.8, 4) is 0 Å². The van der Waals surface area contributed by atoms with Crippen LogP contribution >= 0.6 is 0 Å². The van der Waals surface area contributed by atoms with Crippen LogP contribution in [0.15, 0.2) is 0 Å². The van der Waals surface area contributed by atoms with E-state index in [0.29, 0.717) is 19.3 Å². The molecule has 0 saturated heterocycles. The van der Waals surface area contributed by atoms with Crippen LogP contribution in [0.3, 0.4) is 0 Å². The number of esters is 3. The standard InChI is InChI=1S/C50H96O6/c1-5-7-9-11-13-15-17-22-27-31-35-39-43-50(53)56-47(44-54-48(51)41-37-33-29-25-20-16-14-12-10-8-6-2)45-55-49(52)42-38-34-30-26-23-19-18-21-24-28-32-36-40-46(3)4/h46-47H,5-45H2,1-4H3/t47-/m1/s1. The smallest absolute Gasteiger partial charge is 0.306 e. The summed E-state index contributed by atoms with van der Waals surface area (Å²) < 4.78 is 16.8. The van der Waals surface area contributed by atoms with Crippen molar-refractivity contribution in [1.29, 1.82) is 0 Å². The van der Waals surface area contributed by atoms with Crippen LogP contribution in [0.25, 0.3) is 0 Å². The van der Waals surface area contributed by atoms with Gasteiger partial charge in [-0.25, -0.2) is 0 Å². The molecular weight excluding hydrogens is 697 g/mol. The molecule has 0 heterocycles. The number of hydrogen-bond acceptors (Lipinski definition) is 6. The zero-order valence-electron chi connectivity index (χ0n) is 38.1. The molecule has 0 unspecified atom stereocenters. The fourth-order valence-electron chi connectivity index (χ4n) is 7.51. The maximum absolute atomic E-state index is 12.7. The Morgan fingerprint density at radius 2 is 0.589 bits per heavy atom. The van der Waals surface area contributed by atoms with Gasteiger partial charge in [0.2, 0.25) is 0 Å². The highest BCUT2D eigenvalue weighted by molar-refractivity contribution is 5.71. The highest BCUT2D eigenvalue weighted by Gasteiger charge is 2.19. The van der Waals surface area contributed by atoms with E-state index in [1.54, 1.807) is 0 Å². The molecule has 0 aliphatic carbocycles. The van der Waals surface area contributed by atoms with E-state index in [1.807, 2.05) is 0 Å². The van der Waals surface area contributed by atoms with Crippen molar-refractivity contribution in [3.05, 3.63) is 0 Å². The summed E-state index contributed by atoms with van der Waals surface area (Å²) in [7, 11) is 0. The van der Waals surface area contributed by atoms with E-state index in [0.717, 1.165) is 63.7 Å². The molecule has 0 aromatic carbocycles. The van der Waals surface area contributed by atoms with Crippen LogP contribution in [0.4, 0.5) is 0 Å². The molecule has 6 nitrogen and oxygen atoms in total. The fourth-order valence-corrected chi connectivity index (χ4v) is 7.51. The van der Waals surface area contributed by atoms with Gasteiger partial charge in [0.05, 0.1) is 0 Å². The molecule has 0 bridgehead atoms. The highest BCUT2D eigenvalue weighted by atomic mass is 16.6. The van der Waals surface area contributed by atoms with Gasteiger partial charge in [0.25, 0.3) is 0 Å². The Hall–Kier alpha value is -1.59. The summed E-state index contributed by atoms with van der Waals surface area (Å²) >= 11 is 0. The van der Waals surface area contributed by atoms with Gasteiger partial charge < -0.3 is 14.2 Å². The highest BCUT2D eigenvalue weighted by Crippen LogP contribution is 2.17. The van der Waals surface area contributed by atoms with Gasteiger partial charge in [-0.15, -0.1) is 0 Å². The Bertz CT molecular complexity index is 841. The normalized spacial score (nSPS) is 11.9. The van der Waals surface area contributed by atoms with Crippen molar-refractivity contribution in [3.63, 3.8) is 0 Å². The third-order valence-electron chi connectivity index (χ3n) is 11.3. The van der Waals surface area contributed by atoms with Gasteiger partial charge in [-0.2, -0.15) is 0 Å². The monoisotopic (exact) mass is 793 g/mol. The number of carbonyl (C=O) groups is 3. The van der Waals surface area contributed by atoms with Gasteiger partial charge in [-0.1, -0.05) is 240 Å². The Morgan fingerprint density at radius 1 is 0.339 bits per heavy atom. The van der Waals surface area contributed by atoms with Crippen LogP contribution in [0.1, 0.15) is 278 Å². The van der Waals surface area contributed by atoms with Crippen molar-refractivity contribution in [2.75, 3.05) is 13.2 Å². The van der Waals surface area contributed by atoms with E-state index in [2.05, 4.69) is 27.7 Å². The molecule has 0 aliphatic rings. The van der Waals surface area contributed by atoms with E-state index >= 15 is 0 Å². The first-order valence-electron chi connectivity index (χ1n) is 24.9. The quantitative estimate of drug-likeness (QED) is 0.0347. The average Bonchev–Trinajstić information content (AvgIpc) is 3.18. The maximum atomic E-state index is 12.7. The number of hydrogen-bond donors (Lipinski definition) is 0. The van der Waals surface area contributed by atoms with Crippen LogP contribution in [-0.4, -0.2) is 37.2 Å². The topological polar surface area (TPSA) is 78.9 Å². The third kappa shape index (κ3) is 43.5. The molecule has 0 N–H and O–H groups in total. The second-order valence-electron chi connectivity index (χ2n) is 17.6. The molecule has 1 atom stereocenters. The molecule has 6 heteroatoms. The summed E-state index contributed by atoms with van der Waals surface area (Å²) in [4.78, 5) is 37.8. The number of unbranched alkanes of at least 4 members (excludes halogenated alkanes) is 32. The van der Waals surface area contributed by atoms with Crippen molar-refractivity contribution >= 4 is 17.9 Å². The van der Waals surface area contributed by atoms with Gasteiger partial charge in [0.15, 0.2) is 6.10 Å². The molecule has 0 saturated carbocycles. The lowest BCUT2D eigenvalue weighted by Crippen LogP contribution is -2.30. The Labute approximate surface area is 348 Å². The molecule has 0 aromatic rings. The Morgan fingerprint density at radius 3 is 0.875 bits per heavy atom. The van der Waals surface area contributed by atoms with Crippen molar-refractivity contribution in [1.82, 2.24) is 0 Å². The lowest BCUT2D eigenvalue weighted by atomic mass is 10.0. The predicted molar refractivity (Wildman–Crippen MR) is 238 cm³/mol. The minimum Gasteiger partial charge on any atom is -0.462 e. The molecule has 0 rings (SSSR count). The van der Waals surface area contributed by atoms with Crippen molar-refractivity contribution in [2.24, 2.45) is 5.92 Å². The first kappa shape index (κ1) is 54.4. The lowest BCUT2D eigenvalue weighted by Gasteiger charge is -2.18. The Balaban J connectivity index is 4.30. The first-order chi connectivity index (χ1) is 27.4. The van der Waals surface area contributed by atoms with Gasteiger partial charge in [-0.3, -0.25) is 14.4 Å². The van der Waals surface area contributed by atoms with Crippen LogP contribution in [0.5, 0.6) is 0 Å². The lowest BCUT2D eigenvalue weighted by molar-refractivity contribution is -0.167. The van der Waals surface area contributed by atoms with E-state index in [9.17, 15) is 14.4 Å². The summed E-state index contributed by atoms with van der Waals surface area (Å²) in [5.41, 5.74) is 0.